The average molecular weight is 233 g/mol. The van der Waals surface area contributed by atoms with E-state index in [-0.39, 0.29) is 5.56 Å². The van der Waals surface area contributed by atoms with Gasteiger partial charge in [0, 0.05) is 6.20 Å². The Kier molecular flexibility index (Phi) is 3.51. The minimum absolute atomic E-state index is 0.281. The molecule has 1 unspecified atom stereocenters. The summed E-state index contributed by atoms with van der Waals surface area (Å²) in [5.41, 5.74) is -0.737. The summed E-state index contributed by atoms with van der Waals surface area (Å²) < 4.78 is 36.5. The Morgan fingerprint density at radius 3 is 2.44 bits per heavy atom. The van der Waals surface area contributed by atoms with Gasteiger partial charge in [-0.2, -0.15) is 13.2 Å². The molecule has 88 valence electrons. The van der Waals surface area contributed by atoms with Crippen LogP contribution in [0.3, 0.4) is 0 Å². The maximum Gasteiger partial charge on any atom is 0.433 e. The Morgan fingerprint density at radius 1 is 1.50 bits per heavy atom. The summed E-state index contributed by atoms with van der Waals surface area (Å²) in [6, 6.07) is 1.94. The van der Waals surface area contributed by atoms with E-state index in [1.54, 1.807) is 6.92 Å². The average Bonchev–Trinajstić information content (AvgIpc) is 2.17. The van der Waals surface area contributed by atoms with Gasteiger partial charge in [-0.15, -0.1) is 0 Å². The van der Waals surface area contributed by atoms with Crippen LogP contribution in [-0.4, -0.2) is 16.1 Å². The standard InChI is InChI=1S/C10H10F3NO2/c1-2-7(9(15)16)6-3-4-8(14-5-6)10(11,12)13/h3-5,7H,2H2,1H3,(H,15,16). The van der Waals surface area contributed by atoms with Gasteiger partial charge in [0.15, 0.2) is 0 Å². The summed E-state index contributed by atoms with van der Waals surface area (Å²) in [5, 5.41) is 8.81. The van der Waals surface area contributed by atoms with E-state index in [9.17, 15) is 18.0 Å². The molecule has 0 aliphatic carbocycles. The van der Waals surface area contributed by atoms with Crippen LogP contribution in [0.25, 0.3) is 0 Å². The van der Waals surface area contributed by atoms with Gasteiger partial charge < -0.3 is 5.11 Å². The molecule has 0 amide bonds. The van der Waals surface area contributed by atoms with Crippen LogP contribution in [0.4, 0.5) is 13.2 Å². The van der Waals surface area contributed by atoms with Crippen molar-refractivity contribution in [2.24, 2.45) is 0 Å². The highest BCUT2D eigenvalue weighted by atomic mass is 19.4. The molecule has 1 rings (SSSR count). The van der Waals surface area contributed by atoms with Crippen LogP contribution < -0.4 is 0 Å². The molecule has 0 aromatic carbocycles. The van der Waals surface area contributed by atoms with Crippen molar-refractivity contribution in [1.29, 1.82) is 0 Å². The number of hydrogen-bond donors (Lipinski definition) is 1. The van der Waals surface area contributed by atoms with Gasteiger partial charge in [0.2, 0.25) is 0 Å². The number of hydrogen-bond acceptors (Lipinski definition) is 2. The van der Waals surface area contributed by atoms with Gasteiger partial charge in [-0.05, 0) is 18.1 Å². The van der Waals surface area contributed by atoms with Crippen LogP contribution in [0.5, 0.6) is 0 Å². The third kappa shape index (κ3) is 2.71. The van der Waals surface area contributed by atoms with Crippen LogP contribution >= 0.6 is 0 Å². The van der Waals surface area contributed by atoms with Gasteiger partial charge >= 0.3 is 12.1 Å². The normalized spacial score (nSPS) is 13.5. The number of carbonyl (C=O) groups is 1. The third-order valence-electron chi connectivity index (χ3n) is 2.19. The van der Waals surface area contributed by atoms with Crippen LogP contribution in [-0.2, 0) is 11.0 Å². The van der Waals surface area contributed by atoms with Crippen molar-refractivity contribution in [3.05, 3.63) is 29.6 Å². The van der Waals surface area contributed by atoms with Crippen LogP contribution in [0.1, 0.15) is 30.5 Å². The lowest BCUT2D eigenvalue weighted by molar-refractivity contribution is -0.141. The molecule has 1 aromatic rings. The lowest BCUT2D eigenvalue weighted by Crippen LogP contribution is -2.13. The summed E-state index contributed by atoms with van der Waals surface area (Å²) in [6.45, 7) is 1.65. The molecule has 1 aromatic heterocycles. The lowest BCUT2D eigenvalue weighted by Gasteiger charge is -2.11. The number of carboxylic acid groups (broad SMARTS) is 1. The Bertz CT molecular complexity index is 373. The van der Waals surface area contributed by atoms with Crippen molar-refractivity contribution in [2.45, 2.75) is 25.4 Å². The van der Waals surface area contributed by atoms with Crippen LogP contribution in [0.2, 0.25) is 0 Å². The second-order valence-electron chi connectivity index (χ2n) is 3.27. The monoisotopic (exact) mass is 233 g/mol. The Balaban J connectivity index is 2.98. The Morgan fingerprint density at radius 2 is 2.12 bits per heavy atom. The summed E-state index contributed by atoms with van der Waals surface area (Å²) in [6.07, 6.45) is -3.23. The number of nitrogens with zero attached hydrogens (tertiary/aromatic N) is 1. The van der Waals surface area contributed by atoms with Gasteiger partial charge in [0.05, 0.1) is 5.92 Å². The molecule has 0 fully saturated rings. The first-order chi connectivity index (χ1) is 7.36. The van der Waals surface area contributed by atoms with E-state index in [0.29, 0.717) is 6.42 Å². The van der Waals surface area contributed by atoms with Crippen LogP contribution in [0, 0.1) is 0 Å². The van der Waals surface area contributed by atoms with E-state index < -0.39 is 23.8 Å². The molecule has 0 saturated carbocycles. The number of rotatable bonds is 3. The summed E-state index contributed by atoms with van der Waals surface area (Å²) >= 11 is 0. The number of aromatic nitrogens is 1. The second kappa shape index (κ2) is 4.51. The van der Waals surface area contributed by atoms with E-state index in [0.717, 1.165) is 18.3 Å². The fraction of sp³-hybridized carbons (Fsp3) is 0.400. The fourth-order valence-corrected chi connectivity index (χ4v) is 1.33. The van der Waals surface area contributed by atoms with E-state index in [4.69, 9.17) is 5.11 Å². The molecule has 0 aliphatic heterocycles. The van der Waals surface area contributed by atoms with E-state index in [1.807, 2.05) is 0 Å². The van der Waals surface area contributed by atoms with Gasteiger partial charge in [0.1, 0.15) is 5.69 Å². The maximum absolute atomic E-state index is 12.2. The van der Waals surface area contributed by atoms with Crippen molar-refractivity contribution in [3.63, 3.8) is 0 Å². The summed E-state index contributed by atoms with van der Waals surface area (Å²) in [4.78, 5) is 14.0. The van der Waals surface area contributed by atoms with Crippen molar-refractivity contribution < 1.29 is 23.1 Å². The van der Waals surface area contributed by atoms with E-state index in [2.05, 4.69) is 4.98 Å². The molecule has 1 atom stereocenters. The number of aliphatic carboxylic acids is 1. The molecule has 1 heterocycles. The topological polar surface area (TPSA) is 50.2 Å². The van der Waals surface area contributed by atoms with Crippen molar-refractivity contribution in [1.82, 2.24) is 4.98 Å². The predicted octanol–water partition coefficient (Wildman–Crippen LogP) is 2.68. The molecule has 6 heteroatoms. The first kappa shape index (κ1) is 12.5. The Hall–Kier alpha value is -1.59. The minimum Gasteiger partial charge on any atom is -0.481 e. The van der Waals surface area contributed by atoms with Gasteiger partial charge in [0.25, 0.3) is 0 Å². The minimum atomic E-state index is -4.50. The quantitative estimate of drug-likeness (QED) is 0.873. The molecular weight excluding hydrogens is 223 g/mol. The Labute approximate surface area is 89.9 Å². The zero-order chi connectivity index (χ0) is 12.3. The van der Waals surface area contributed by atoms with Crippen LogP contribution in [0.15, 0.2) is 18.3 Å². The van der Waals surface area contributed by atoms with Gasteiger partial charge in [-0.3, -0.25) is 9.78 Å². The molecular formula is C10H10F3NO2. The van der Waals surface area contributed by atoms with Crippen molar-refractivity contribution >= 4 is 5.97 Å². The molecule has 0 saturated heterocycles. The number of halogens is 3. The molecule has 0 spiro atoms. The van der Waals surface area contributed by atoms with Crippen molar-refractivity contribution in [3.8, 4) is 0 Å². The molecule has 0 aliphatic rings. The fourth-order valence-electron chi connectivity index (χ4n) is 1.33. The molecule has 16 heavy (non-hydrogen) atoms. The van der Waals surface area contributed by atoms with Gasteiger partial charge in [-0.25, -0.2) is 0 Å². The van der Waals surface area contributed by atoms with E-state index >= 15 is 0 Å². The third-order valence-corrected chi connectivity index (χ3v) is 2.19. The number of carboxylic acids is 1. The highest BCUT2D eigenvalue weighted by Gasteiger charge is 2.32. The predicted molar refractivity (Wildman–Crippen MR) is 49.9 cm³/mol. The first-order valence-corrected chi connectivity index (χ1v) is 4.62. The molecule has 1 N–H and O–H groups in total. The number of pyridine rings is 1. The molecule has 3 nitrogen and oxygen atoms in total. The highest BCUT2D eigenvalue weighted by Crippen LogP contribution is 2.28. The first-order valence-electron chi connectivity index (χ1n) is 4.62. The lowest BCUT2D eigenvalue weighted by atomic mass is 9.98. The summed E-state index contributed by atoms with van der Waals surface area (Å²) in [7, 11) is 0. The van der Waals surface area contributed by atoms with E-state index in [1.165, 1.54) is 0 Å². The molecule has 0 radical (unpaired) electrons. The SMILES string of the molecule is CCC(C(=O)O)c1ccc(C(F)(F)F)nc1. The van der Waals surface area contributed by atoms with Gasteiger partial charge in [-0.1, -0.05) is 13.0 Å². The second-order valence-corrected chi connectivity index (χ2v) is 3.27. The number of alkyl halides is 3. The summed E-state index contributed by atoms with van der Waals surface area (Å²) in [5.74, 6) is -1.88. The zero-order valence-corrected chi connectivity index (χ0v) is 8.45. The zero-order valence-electron chi connectivity index (χ0n) is 8.45. The molecule has 0 bridgehead atoms. The smallest absolute Gasteiger partial charge is 0.433 e. The largest absolute Gasteiger partial charge is 0.481 e. The highest BCUT2D eigenvalue weighted by molar-refractivity contribution is 5.75. The maximum atomic E-state index is 12.2. The van der Waals surface area contributed by atoms with Crippen molar-refractivity contribution in [2.75, 3.05) is 0 Å².